The molecule has 0 spiro atoms. The molecule has 1 aliphatic carbocycles. The van der Waals surface area contributed by atoms with Gasteiger partial charge in [-0.25, -0.2) is 0 Å². The Labute approximate surface area is 184 Å². The van der Waals surface area contributed by atoms with Crippen LogP contribution in [0.4, 0.5) is 5.69 Å². The normalized spacial score (nSPS) is 20.4. The second-order valence-electron chi connectivity index (χ2n) is 8.72. The molecule has 1 saturated carbocycles. The molecule has 2 aromatic rings. The molecule has 1 heterocycles. The Morgan fingerprint density at radius 3 is 2.58 bits per heavy atom. The first-order chi connectivity index (χ1) is 14.9. The van der Waals surface area contributed by atoms with Crippen molar-refractivity contribution in [2.45, 2.75) is 52.1 Å². The van der Waals surface area contributed by atoms with Crippen molar-refractivity contribution in [1.29, 1.82) is 0 Å². The Hall–Kier alpha value is -3.08. The number of hydrogen-bond acceptors (Lipinski definition) is 3. The summed E-state index contributed by atoms with van der Waals surface area (Å²) >= 11 is 0. The van der Waals surface area contributed by atoms with E-state index in [9.17, 15) is 9.59 Å². The van der Waals surface area contributed by atoms with E-state index in [1.54, 1.807) is 7.11 Å². The molecule has 0 bridgehead atoms. The van der Waals surface area contributed by atoms with Crippen LogP contribution in [0.5, 0.6) is 5.75 Å². The van der Waals surface area contributed by atoms with Crippen LogP contribution in [0.3, 0.4) is 0 Å². The van der Waals surface area contributed by atoms with E-state index in [4.69, 9.17) is 4.74 Å². The van der Waals surface area contributed by atoms with Crippen molar-refractivity contribution in [3.63, 3.8) is 0 Å². The van der Waals surface area contributed by atoms with E-state index in [1.807, 2.05) is 55.1 Å². The lowest BCUT2D eigenvalue weighted by Gasteiger charge is -2.34. The Morgan fingerprint density at radius 2 is 1.90 bits per heavy atom. The number of aryl methyl sites for hydroxylation is 1. The molecule has 5 nitrogen and oxygen atoms in total. The number of nitrogens with one attached hydrogen (secondary N) is 1. The number of hydrogen-bond donors (Lipinski definition) is 1. The third kappa shape index (κ3) is 4.09. The lowest BCUT2D eigenvalue weighted by molar-refractivity contribution is -0.121. The summed E-state index contributed by atoms with van der Waals surface area (Å²) in [7, 11) is 1.63. The van der Waals surface area contributed by atoms with Crippen molar-refractivity contribution in [1.82, 2.24) is 4.90 Å². The molecular weight excluding hydrogens is 388 g/mol. The lowest BCUT2D eigenvalue weighted by Crippen LogP contribution is -2.40. The average Bonchev–Trinajstić information content (AvgIpc) is 3.11. The number of ether oxygens (including phenoxy) is 1. The number of anilines is 1. The SMILES string of the molecule is C=C(C)c1cccc2c1CN(C1CCC(C(=O)Nc3ccc(C)c(OC)c3)CC1)C2=O. The van der Waals surface area contributed by atoms with Crippen molar-refractivity contribution in [2.24, 2.45) is 5.92 Å². The van der Waals surface area contributed by atoms with Gasteiger partial charge in [-0.15, -0.1) is 0 Å². The summed E-state index contributed by atoms with van der Waals surface area (Å²) in [4.78, 5) is 27.8. The number of methoxy groups -OCH3 is 1. The van der Waals surface area contributed by atoms with Gasteiger partial charge < -0.3 is 15.0 Å². The average molecular weight is 419 g/mol. The Bertz CT molecular complexity index is 1030. The van der Waals surface area contributed by atoms with Crippen LogP contribution in [0.1, 0.15) is 59.7 Å². The van der Waals surface area contributed by atoms with Gasteiger partial charge in [0.1, 0.15) is 5.75 Å². The molecule has 5 heteroatoms. The molecule has 1 fully saturated rings. The number of benzene rings is 2. The third-order valence-electron chi connectivity index (χ3n) is 6.64. The van der Waals surface area contributed by atoms with Crippen molar-refractivity contribution in [3.8, 4) is 5.75 Å². The van der Waals surface area contributed by atoms with Crippen LogP contribution in [0.15, 0.2) is 43.0 Å². The van der Waals surface area contributed by atoms with E-state index in [-0.39, 0.29) is 23.8 Å². The number of carbonyl (C=O) groups is 2. The van der Waals surface area contributed by atoms with Crippen LogP contribution >= 0.6 is 0 Å². The minimum absolute atomic E-state index is 0.0328. The fourth-order valence-electron chi connectivity index (χ4n) is 4.84. The maximum Gasteiger partial charge on any atom is 0.254 e. The van der Waals surface area contributed by atoms with Crippen molar-refractivity contribution in [3.05, 3.63) is 65.2 Å². The summed E-state index contributed by atoms with van der Waals surface area (Å²) in [6, 6.07) is 11.8. The van der Waals surface area contributed by atoms with Gasteiger partial charge >= 0.3 is 0 Å². The Balaban J connectivity index is 1.38. The van der Waals surface area contributed by atoms with Crippen LogP contribution in [0.25, 0.3) is 5.57 Å². The molecule has 0 unspecified atom stereocenters. The summed E-state index contributed by atoms with van der Waals surface area (Å²) < 4.78 is 5.35. The number of nitrogens with zero attached hydrogens (tertiary/aromatic N) is 1. The zero-order valence-electron chi connectivity index (χ0n) is 18.5. The topological polar surface area (TPSA) is 58.6 Å². The first-order valence-corrected chi connectivity index (χ1v) is 10.9. The molecule has 0 aromatic heterocycles. The maximum absolute atomic E-state index is 13.0. The predicted molar refractivity (Wildman–Crippen MR) is 123 cm³/mol. The molecule has 2 amide bonds. The molecule has 0 atom stereocenters. The van der Waals surface area contributed by atoms with E-state index in [2.05, 4.69) is 11.9 Å². The lowest BCUT2D eigenvalue weighted by atomic mass is 9.84. The van der Waals surface area contributed by atoms with Crippen LogP contribution in [0.2, 0.25) is 0 Å². The molecule has 162 valence electrons. The molecule has 1 N–H and O–H groups in total. The Kier molecular flexibility index (Phi) is 5.86. The van der Waals surface area contributed by atoms with Crippen molar-refractivity contribution >= 4 is 23.1 Å². The highest BCUT2D eigenvalue weighted by Crippen LogP contribution is 2.36. The van der Waals surface area contributed by atoms with Crippen LogP contribution < -0.4 is 10.1 Å². The standard InChI is InChI=1S/C26H30N2O3/c1-16(2)21-6-5-7-22-23(21)15-28(26(22)30)20-12-9-18(10-13-20)25(29)27-19-11-8-17(3)24(14-19)31-4/h5-8,11,14,18,20H,1,9-10,12-13,15H2,2-4H3,(H,27,29). The van der Waals surface area contributed by atoms with Gasteiger partial charge in [0.15, 0.2) is 0 Å². The van der Waals surface area contributed by atoms with E-state index >= 15 is 0 Å². The number of amides is 2. The zero-order valence-corrected chi connectivity index (χ0v) is 18.5. The molecule has 31 heavy (non-hydrogen) atoms. The van der Waals surface area contributed by atoms with Gasteiger partial charge in [-0.1, -0.05) is 30.4 Å². The predicted octanol–water partition coefficient (Wildman–Crippen LogP) is 5.19. The minimum Gasteiger partial charge on any atom is -0.496 e. The Morgan fingerprint density at radius 1 is 1.16 bits per heavy atom. The highest BCUT2D eigenvalue weighted by atomic mass is 16.5. The highest BCUT2D eigenvalue weighted by Gasteiger charge is 2.37. The summed E-state index contributed by atoms with van der Waals surface area (Å²) in [5, 5.41) is 3.03. The summed E-state index contributed by atoms with van der Waals surface area (Å²) in [5.41, 5.74) is 5.75. The van der Waals surface area contributed by atoms with Crippen molar-refractivity contribution < 1.29 is 14.3 Å². The molecule has 1 aliphatic heterocycles. The van der Waals surface area contributed by atoms with Crippen molar-refractivity contribution in [2.75, 3.05) is 12.4 Å². The second-order valence-corrected chi connectivity index (χ2v) is 8.72. The minimum atomic E-state index is -0.0328. The van der Waals surface area contributed by atoms with Gasteiger partial charge in [0.25, 0.3) is 5.91 Å². The zero-order chi connectivity index (χ0) is 22.1. The first-order valence-electron chi connectivity index (χ1n) is 10.9. The quantitative estimate of drug-likeness (QED) is 0.727. The summed E-state index contributed by atoms with van der Waals surface area (Å²) in [6.07, 6.45) is 3.26. The van der Waals surface area contributed by atoms with Gasteiger partial charge in [0.2, 0.25) is 5.91 Å². The van der Waals surface area contributed by atoms with Gasteiger partial charge in [0.05, 0.1) is 7.11 Å². The fourth-order valence-corrected chi connectivity index (χ4v) is 4.84. The first kappa shape index (κ1) is 21.2. The van der Waals surface area contributed by atoms with Crippen LogP contribution in [0, 0.1) is 12.8 Å². The highest BCUT2D eigenvalue weighted by molar-refractivity contribution is 6.00. The fraction of sp³-hybridized carbons (Fsp3) is 0.385. The number of fused-ring (bicyclic) bond motifs is 1. The van der Waals surface area contributed by atoms with E-state index < -0.39 is 0 Å². The molecule has 4 rings (SSSR count). The number of carbonyl (C=O) groups excluding carboxylic acids is 2. The number of rotatable bonds is 5. The van der Waals surface area contributed by atoms with Gasteiger partial charge in [0, 0.05) is 35.8 Å². The van der Waals surface area contributed by atoms with E-state index in [0.29, 0.717) is 6.54 Å². The molecule has 2 aromatic carbocycles. The maximum atomic E-state index is 13.0. The van der Waals surface area contributed by atoms with E-state index in [1.165, 1.54) is 0 Å². The summed E-state index contributed by atoms with van der Waals surface area (Å²) in [6.45, 7) is 8.66. The van der Waals surface area contributed by atoms with Crippen LogP contribution in [-0.4, -0.2) is 29.9 Å². The molecular formula is C26H30N2O3. The largest absolute Gasteiger partial charge is 0.496 e. The molecule has 0 saturated heterocycles. The number of allylic oxidation sites excluding steroid dienone is 1. The third-order valence-corrected chi connectivity index (χ3v) is 6.64. The smallest absolute Gasteiger partial charge is 0.254 e. The van der Waals surface area contributed by atoms with Gasteiger partial charge in [-0.2, -0.15) is 0 Å². The second kappa shape index (κ2) is 8.58. The molecule has 0 radical (unpaired) electrons. The monoisotopic (exact) mass is 418 g/mol. The van der Waals surface area contributed by atoms with E-state index in [0.717, 1.165) is 64.9 Å². The van der Waals surface area contributed by atoms with Crippen LogP contribution in [-0.2, 0) is 11.3 Å². The summed E-state index contributed by atoms with van der Waals surface area (Å²) in [5.74, 6) is 0.889. The van der Waals surface area contributed by atoms with Gasteiger partial charge in [-0.05, 0) is 68.4 Å². The van der Waals surface area contributed by atoms with Gasteiger partial charge in [-0.3, -0.25) is 9.59 Å². The molecule has 2 aliphatic rings.